The van der Waals surface area contributed by atoms with E-state index in [4.69, 9.17) is 10.8 Å². The van der Waals surface area contributed by atoms with Crippen molar-refractivity contribution in [2.45, 2.75) is 19.3 Å². The third-order valence-corrected chi connectivity index (χ3v) is 1.82. The minimum absolute atomic E-state index is 0.263. The van der Waals surface area contributed by atoms with E-state index in [1.165, 1.54) is 0 Å². The third kappa shape index (κ3) is 3.60. The van der Waals surface area contributed by atoms with Crippen molar-refractivity contribution in [2.75, 3.05) is 0 Å². The molecule has 0 unspecified atom stereocenters. The Labute approximate surface area is 77.2 Å². The van der Waals surface area contributed by atoms with Gasteiger partial charge >= 0.3 is 0 Å². The highest BCUT2D eigenvalue weighted by Gasteiger charge is 1.96. The molecule has 0 saturated heterocycles. The van der Waals surface area contributed by atoms with Gasteiger partial charge in [-0.15, -0.1) is 0 Å². The second-order valence-corrected chi connectivity index (χ2v) is 2.99. The largest absolute Gasteiger partial charge is 0.508 e. The van der Waals surface area contributed by atoms with Crippen molar-refractivity contribution in [3.8, 4) is 5.75 Å². The van der Waals surface area contributed by atoms with E-state index in [9.17, 15) is 4.79 Å². The number of rotatable bonds is 4. The van der Waals surface area contributed by atoms with E-state index in [0.717, 1.165) is 18.4 Å². The summed E-state index contributed by atoms with van der Waals surface area (Å²) < 4.78 is 0. The smallest absolute Gasteiger partial charge is 0.217 e. The lowest BCUT2D eigenvalue weighted by atomic mass is 10.1. The highest BCUT2D eigenvalue weighted by atomic mass is 16.3. The molecule has 13 heavy (non-hydrogen) atoms. The maximum Gasteiger partial charge on any atom is 0.217 e. The molecule has 1 rings (SSSR count). The van der Waals surface area contributed by atoms with E-state index in [2.05, 4.69) is 0 Å². The summed E-state index contributed by atoms with van der Waals surface area (Å²) in [6.45, 7) is 0. The maximum absolute atomic E-state index is 10.4. The number of amides is 1. The van der Waals surface area contributed by atoms with Crippen molar-refractivity contribution in [1.29, 1.82) is 0 Å². The van der Waals surface area contributed by atoms with Gasteiger partial charge in [-0.05, 0) is 30.5 Å². The Hall–Kier alpha value is -1.51. The van der Waals surface area contributed by atoms with Crippen molar-refractivity contribution in [2.24, 2.45) is 5.73 Å². The van der Waals surface area contributed by atoms with Gasteiger partial charge in [-0.3, -0.25) is 4.79 Å². The minimum atomic E-state index is -0.265. The summed E-state index contributed by atoms with van der Waals surface area (Å²) >= 11 is 0. The van der Waals surface area contributed by atoms with Crippen LogP contribution in [0.15, 0.2) is 24.3 Å². The molecule has 1 aromatic rings. The number of hydrogen-bond acceptors (Lipinski definition) is 2. The van der Waals surface area contributed by atoms with E-state index in [1.807, 2.05) is 12.1 Å². The summed E-state index contributed by atoms with van der Waals surface area (Å²) in [4.78, 5) is 10.4. The van der Waals surface area contributed by atoms with Crippen molar-refractivity contribution < 1.29 is 9.90 Å². The molecule has 0 aliphatic carbocycles. The van der Waals surface area contributed by atoms with E-state index in [0.29, 0.717) is 6.42 Å². The van der Waals surface area contributed by atoms with Crippen LogP contribution >= 0.6 is 0 Å². The molecule has 1 aromatic carbocycles. The molecule has 0 aliphatic heterocycles. The van der Waals surface area contributed by atoms with Crippen LogP contribution in [0.3, 0.4) is 0 Å². The van der Waals surface area contributed by atoms with Crippen LogP contribution in [0.2, 0.25) is 0 Å². The van der Waals surface area contributed by atoms with Crippen molar-refractivity contribution in [3.63, 3.8) is 0 Å². The van der Waals surface area contributed by atoms with Crippen molar-refractivity contribution in [3.05, 3.63) is 29.8 Å². The van der Waals surface area contributed by atoms with Crippen LogP contribution in [0.25, 0.3) is 0 Å². The number of aryl methyl sites for hydroxylation is 1. The lowest BCUT2D eigenvalue weighted by Gasteiger charge is -1.99. The molecule has 1 amide bonds. The number of aromatic hydroxyl groups is 1. The molecule has 0 bridgehead atoms. The summed E-state index contributed by atoms with van der Waals surface area (Å²) in [5, 5.41) is 9.00. The second-order valence-electron chi connectivity index (χ2n) is 2.99. The molecule has 0 aromatic heterocycles. The number of hydrogen-bond donors (Lipinski definition) is 2. The fraction of sp³-hybridized carbons (Fsp3) is 0.300. The second kappa shape index (κ2) is 4.50. The Bertz CT molecular complexity index is 279. The minimum Gasteiger partial charge on any atom is -0.508 e. The van der Waals surface area contributed by atoms with Gasteiger partial charge in [0.05, 0.1) is 0 Å². The molecule has 70 valence electrons. The molecule has 0 spiro atoms. The van der Waals surface area contributed by atoms with Crippen LogP contribution in [0.4, 0.5) is 0 Å². The number of primary amides is 1. The van der Waals surface area contributed by atoms with Gasteiger partial charge in [0.1, 0.15) is 5.75 Å². The van der Waals surface area contributed by atoms with Gasteiger partial charge in [-0.25, -0.2) is 0 Å². The molecular weight excluding hydrogens is 166 g/mol. The van der Waals surface area contributed by atoms with Gasteiger partial charge in [0, 0.05) is 6.42 Å². The SMILES string of the molecule is NC(=O)CCCc1ccc(O)cc1. The molecule has 3 nitrogen and oxygen atoms in total. The number of benzene rings is 1. The van der Waals surface area contributed by atoms with E-state index in [-0.39, 0.29) is 11.7 Å². The summed E-state index contributed by atoms with van der Waals surface area (Å²) in [6.07, 6.45) is 2.00. The molecule has 3 N–H and O–H groups in total. The fourth-order valence-corrected chi connectivity index (χ4v) is 1.13. The van der Waals surface area contributed by atoms with Gasteiger partial charge in [0.2, 0.25) is 5.91 Å². The first-order chi connectivity index (χ1) is 6.18. The summed E-state index contributed by atoms with van der Waals surface area (Å²) in [6, 6.07) is 6.96. The van der Waals surface area contributed by atoms with Gasteiger partial charge in [0.25, 0.3) is 0 Å². The first-order valence-electron chi connectivity index (χ1n) is 4.24. The zero-order valence-electron chi connectivity index (χ0n) is 7.36. The molecule has 0 fully saturated rings. The van der Waals surface area contributed by atoms with Crippen LogP contribution in [0.1, 0.15) is 18.4 Å². The maximum atomic E-state index is 10.4. The standard InChI is InChI=1S/C10H13NO2/c11-10(13)3-1-2-8-4-6-9(12)7-5-8/h4-7,12H,1-3H2,(H2,11,13). The van der Waals surface area contributed by atoms with Gasteiger partial charge in [0.15, 0.2) is 0 Å². The van der Waals surface area contributed by atoms with Crippen molar-refractivity contribution in [1.82, 2.24) is 0 Å². The number of phenols is 1. The van der Waals surface area contributed by atoms with Crippen LogP contribution in [-0.2, 0) is 11.2 Å². The van der Waals surface area contributed by atoms with E-state index >= 15 is 0 Å². The summed E-state index contributed by atoms with van der Waals surface area (Å²) in [5.74, 6) is -0.00238. The van der Waals surface area contributed by atoms with Crippen LogP contribution < -0.4 is 5.73 Å². The van der Waals surface area contributed by atoms with Crippen LogP contribution in [-0.4, -0.2) is 11.0 Å². The summed E-state index contributed by atoms with van der Waals surface area (Å²) in [7, 11) is 0. The fourth-order valence-electron chi connectivity index (χ4n) is 1.13. The third-order valence-electron chi connectivity index (χ3n) is 1.82. The Morgan fingerprint density at radius 2 is 1.92 bits per heavy atom. The monoisotopic (exact) mass is 179 g/mol. The lowest BCUT2D eigenvalue weighted by Crippen LogP contribution is -2.10. The molecule has 0 atom stereocenters. The summed E-state index contributed by atoms with van der Waals surface area (Å²) in [5.41, 5.74) is 6.11. The number of carbonyl (C=O) groups is 1. The highest BCUT2D eigenvalue weighted by Crippen LogP contribution is 2.11. The highest BCUT2D eigenvalue weighted by molar-refractivity contribution is 5.73. The molecule has 0 saturated carbocycles. The molecular formula is C10H13NO2. The lowest BCUT2D eigenvalue weighted by molar-refractivity contribution is -0.118. The molecule has 3 heteroatoms. The average molecular weight is 179 g/mol. The Kier molecular flexibility index (Phi) is 3.31. The zero-order chi connectivity index (χ0) is 9.68. The Morgan fingerprint density at radius 3 is 2.46 bits per heavy atom. The number of phenolic OH excluding ortho intramolecular Hbond substituents is 1. The predicted molar refractivity (Wildman–Crippen MR) is 50.2 cm³/mol. The van der Waals surface area contributed by atoms with Gasteiger partial charge in [-0.2, -0.15) is 0 Å². The molecule has 0 aliphatic rings. The predicted octanol–water partition coefficient (Wildman–Crippen LogP) is 1.20. The van der Waals surface area contributed by atoms with E-state index in [1.54, 1.807) is 12.1 Å². The van der Waals surface area contributed by atoms with Crippen LogP contribution in [0, 0.1) is 0 Å². The number of nitrogens with two attached hydrogens (primary N) is 1. The first-order valence-corrected chi connectivity index (χ1v) is 4.24. The Morgan fingerprint density at radius 1 is 1.31 bits per heavy atom. The quantitative estimate of drug-likeness (QED) is 0.729. The van der Waals surface area contributed by atoms with Crippen molar-refractivity contribution >= 4 is 5.91 Å². The zero-order valence-corrected chi connectivity index (χ0v) is 7.36. The first kappa shape index (κ1) is 9.58. The Balaban J connectivity index is 2.37. The van der Waals surface area contributed by atoms with E-state index < -0.39 is 0 Å². The molecule has 0 heterocycles. The van der Waals surface area contributed by atoms with Crippen LogP contribution in [0.5, 0.6) is 5.75 Å². The normalized spacial score (nSPS) is 9.85. The number of carbonyl (C=O) groups excluding carboxylic acids is 1. The van der Waals surface area contributed by atoms with Gasteiger partial charge < -0.3 is 10.8 Å². The molecule has 0 radical (unpaired) electrons. The average Bonchev–Trinajstić information content (AvgIpc) is 2.08. The van der Waals surface area contributed by atoms with Gasteiger partial charge in [-0.1, -0.05) is 12.1 Å². The topological polar surface area (TPSA) is 63.3 Å².